The fraction of sp³-hybridized carbons (Fsp3) is 0. The Morgan fingerprint density at radius 1 is 0.875 bits per heavy atom. The van der Waals surface area contributed by atoms with Gasteiger partial charge in [0, 0.05) is 22.1 Å². The van der Waals surface area contributed by atoms with Gasteiger partial charge < -0.3 is 10.6 Å². The van der Waals surface area contributed by atoms with Crippen LogP contribution in [0.25, 0.3) is 5.69 Å². The van der Waals surface area contributed by atoms with Crippen LogP contribution in [-0.2, 0) is 0 Å². The second-order valence-corrected chi connectivity index (χ2v) is 5.98. The summed E-state index contributed by atoms with van der Waals surface area (Å²) in [4.78, 5) is 15.9. The number of hydrogen-bond donors (Lipinski definition) is 2. The molecule has 122 valence electrons. The molecule has 0 saturated heterocycles. The monoisotopic (exact) mass is 380 g/mol. The largest absolute Gasteiger partial charge is 0.323 e. The van der Waals surface area contributed by atoms with Crippen LogP contribution < -0.4 is 10.6 Å². The van der Waals surface area contributed by atoms with E-state index in [1.54, 1.807) is 53.1 Å². The Morgan fingerprint density at radius 3 is 1.92 bits per heavy atom. The number of rotatable bonds is 3. The van der Waals surface area contributed by atoms with E-state index in [0.29, 0.717) is 21.6 Å². The predicted molar refractivity (Wildman–Crippen MR) is 97.7 cm³/mol. The summed E-state index contributed by atoms with van der Waals surface area (Å²) in [5.74, 6) is 0. The number of amides is 2. The van der Waals surface area contributed by atoms with E-state index >= 15 is 0 Å². The van der Waals surface area contributed by atoms with E-state index in [1.165, 1.54) is 6.33 Å². The van der Waals surface area contributed by atoms with Crippen LogP contribution in [0.15, 0.2) is 54.9 Å². The molecule has 3 aromatic rings. The van der Waals surface area contributed by atoms with Crippen LogP contribution >= 0.6 is 34.8 Å². The van der Waals surface area contributed by atoms with Crippen LogP contribution in [0.3, 0.4) is 0 Å². The van der Waals surface area contributed by atoms with E-state index in [2.05, 4.69) is 15.6 Å². The standard InChI is InChI=1S/C16H11Cl3N4O/c17-10-1-3-11(4-2-10)21-16(24)22-12-5-7-13(8-6-12)23-9-20-14(18)15(23)19/h1-9H,(H2,21,22,24). The molecule has 0 saturated carbocycles. The maximum atomic E-state index is 12.0. The molecule has 2 aromatic carbocycles. The Hall–Kier alpha value is -2.21. The second-order valence-electron chi connectivity index (χ2n) is 4.83. The minimum absolute atomic E-state index is 0.237. The first-order chi connectivity index (χ1) is 11.5. The van der Waals surface area contributed by atoms with E-state index in [9.17, 15) is 4.79 Å². The summed E-state index contributed by atoms with van der Waals surface area (Å²) in [5.41, 5.74) is 2.06. The number of urea groups is 1. The molecule has 0 spiro atoms. The van der Waals surface area contributed by atoms with Gasteiger partial charge in [-0.2, -0.15) is 0 Å². The molecule has 2 amide bonds. The second kappa shape index (κ2) is 7.13. The van der Waals surface area contributed by atoms with Crippen LogP contribution in [-0.4, -0.2) is 15.6 Å². The summed E-state index contributed by atoms with van der Waals surface area (Å²) in [6.45, 7) is 0. The molecule has 0 radical (unpaired) electrons. The molecule has 8 heteroatoms. The molecular weight excluding hydrogens is 371 g/mol. The first-order valence-electron chi connectivity index (χ1n) is 6.85. The van der Waals surface area contributed by atoms with Crippen LogP contribution in [0, 0.1) is 0 Å². The molecule has 24 heavy (non-hydrogen) atoms. The van der Waals surface area contributed by atoms with Crippen LogP contribution in [0.2, 0.25) is 15.3 Å². The minimum atomic E-state index is -0.353. The minimum Gasteiger partial charge on any atom is -0.308 e. The molecule has 0 aliphatic rings. The van der Waals surface area contributed by atoms with E-state index in [-0.39, 0.29) is 11.2 Å². The van der Waals surface area contributed by atoms with Crippen molar-refractivity contribution < 1.29 is 4.79 Å². The molecule has 0 unspecified atom stereocenters. The third kappa shape index (κ3) is 3.82. The van der Waals surface area contributed by atoms with E-state index in [4.69, 9.17) is 34.8 Å². The van der Waals surface area contributed by atoms with Crippen LogP contribution in [0.1, 0.15) is 0 Å². The molecule has 0 aliphatic heterocycles. The Labute approximate surface area is 153 Å². The van der Waals surface area contributed by atoms with Crippen LogP contribution in [0.4, 0.5) is 16.2 Å². The Bertz CT molecular complexity index is 860. The van der Waals surface area contributed by atoms with Crippen molar-refractivity contribution in [1.29, 1.82) is 0 Å². The van der Waals surface area contributed by atoms with Gasteiger partial charge in [-0.15, -0.1) is 0 Å². The molecule has 2 N–H and O–H groups in total. The molecule has 1 heterocycles. The van der Waals surface area contributed by atoms with Crippen molar-refractivity contribution in [2.24, 2.45) is 0 Å². The number of carbonyl (C=O) groups excluding carboxylic acids is 1. The lowest BCUT2D eigenvalue weighted by Gasteiger charge is -2.09. The smallest absolute Gasteiger partial charge is 0.308 e. The maximum absolute atomic E-state index is 12.0. The number of hydrogen-bond acceptors (Lipinski definition) is 2. The van der Waals surface area contributed by atoms with E-state index in [1.807, 2.05) is 0 Å². The zero-order chi connectivity index (χ0) is 17.1. The summed E-state index contributed by atoms with van der Waals surface area (Å²) >= 11 is 17.7. The highest BCUT2D eigenvalue weighted by Crippen LogP contribution is 2.24. The van der Waals surface area contributed by atoms with Gasteiger partial charge in [-0.05, 0) is 48.5 Å². The van der Waals surface area contributed by atoms with E-state index < -0.39 is 0 Å². The van der Waals surface area contributed by atoms with Gasteiger partial charge in [-0.25, -0.2) is 9.78 Å². The van der Waals surface area contributed by atoms with Crippen molar-refractivity contribution in [3.05, 3.63) is 70.2 Å². The molecule has 5 nitrogen and oxygen atoms in total. The fourth-order valence-electron chi connectivity index (χ4n) is 2.02. The first-order valence-corrected chi connectivity index (χ1v) is 7.98. The topological polar surface area (TPSA) is 59.0 Å². The summed E-state index contributed by atoms with van der Waals surface area (Å²) in [6.07, 6.45) is 1.53. The summed E-state index contributed by atoms with van der Waals surface area (Å²) in [5, 5.41) is 6.63. The lowest BCUT2D eigenvalue weighted by Crippen LogP contribution is -2.19. The van der Waals surface area contributed by atoms with Crippen molar-refractivity contribution >= 4 is 52.2 Å². The Balaban J connectivity index is 1.66. The zero-order valence-electron chi connectivity index (χ0n) is 12.1. The average Bonchev–Trinajstić information content (AvgIpc) is 2.90. The maximum Gasteiger partial charge on any atom is 0.323 e. The Kier molecular flexibility index (Phi) is 4.94. The van der Waals surface area contributed by atoms with Gasteiger partial charge in [0.2, 0.25) is 0 Å². The zero-order valence-corrected chi connectivity index (χ0v) is 14.4. The Morgan fingerprint density at radius 2 is 1.42 bits per heavy atom. The van der Waals surface area contributed by atoms with Crippen molar-refractivity contribution in [3.8, 4) is 5.69 Å². The van der Waals surface area contributed by atoms with Crippen molar-refractivity contribution in [2.75, 3.05) is 10.6 Å². The number of aromatic nitrogens is 2. The van der Waals surface area contributed by atoms with Crippen molar-refractivity contribution in [3.63, 3.8) is 0 Å². The van der Waals surface area contributed by atoms with Crippen molar-refractivity contribution in [1.82, 2.24) is 9.55 Å². The SMILES string of the molecule is O=C(Nc1ccc(Cl)cc1)Nc1ccc(-n2cnc(Cl)c2Cl)cc1. The van der Waals surface area contributed by atoms with Gasteiger partial charge in [-0.3, -0.25) is 4.57 Å². The predicted octanol–water partition coefficient (Wildman–Crippen LogP) is 5.48. The molecule has 0 aliphatic carbocycles. The molecule has 1 aromatic heterocycles. The lowest BCUT2D eigenvalue weighted by molar-refractivity contribution is 0.262. The number of carbonyl (C=O) groups is 1. The highest BCUT2D eigenvalue weighted by molar-refractivity contribution is 6.40. The summed E-state index contributed by atoms with van der Waals surface area (Å²) in [7, 11) is 0. The first kappa shape index (κ1) is 16.6. The highest BCUT2D eigenvalue weighted by Gasteiger charge is 2.08. The molecular formula is C16H11Cl3N4O. The van der Waals surface area contributed by atoms with Gasteiger partial charge in [0.15, 0.2) is 10.3 Å². The molecule has 0 fully saturated rings. The van der Waals surface area contributed by atoms with Gasteiger partial charge >= 0.3 is 6.03 Å². The normalized spacial score (nSPS) is 10.5. The number of imidazole rings is 1. The number of nitrogens with zero attached hydrogens (tertiary/aromatic N) is 2. The van der Waals surface area contributed by atoms with Gasteiger partial charge in [-0.1, -0.05) is 34.8 Å². The third-order valence-electron chi connectivity index (χ3n) is 3.17. The average molecular weight is 382 g/mol. The van der Waals surface area contributed by atoms with Gasteiger partial charge in [0.1, 0.15) is 6.33 Å². The number of nitrogens with one attached hydrogen (secondary N) is 2. The summed E-state index contributed by atoms with van der Waals surface area (Å²) < 4.78 is 1.64. The lowest BCUT2D eigenvalue weighted by atomic mass is 10.3. The molecule has 0 atom stereocenters. The van der Waals surface area contributed by atoms with Gasteiger partial charge in [0.05, 0.1) is 0 Å². The molecule has 0 bridgehead atoms. The number of anilines is 2. The number of benzene rings is 2. The molecule has 3 rings (SSSR count). The number of halogens is 3. The quantitative estimate of drug-likeness (QED) is 0.631. The third-order valence-corrected chi connectivity index (χ3v) is 4.16. The summed E-state index contributed by atoms with van der Waals surface area (Å²) in [6, 6.07) is 13.6. The fourth-order valence-corrected chi connectivity index (χ4v) is 2.47. The van der Waals surface area contributed by atoms with E-state index in [0.717, 1.165) is 5.69 Å². The van der Waals surface area contributed by atoms with Crippen molar-refractivity contribution in [2.45, 2.75) is 0 Å². The van der Waals surface area contributed by atoms with Gasteiger partial charge in [0.25, 0.3) is 0 Å². The van der Waals surface area contributed by atoms with Crippen LogP contribution in [0.5, 0.6) is 0 Å². The highest BCUT2D eigenvalue weighted by atomic mass is 35.5.